The second kappa shape index (κ2) is 5.34. The third-order valence-electron chi connectivity index (χ3n) is 3.14. The molecule has 1 aromatic heterocycles. The number of aromatic nitrogens is 2. The van der Waals surface area contributed by atoms with Crippen molar-refractivity contribution in [3.8, 4) is 0 Å². The van der Waals surface area contributed by atoms with E-state index in [1.54, 1.807) is 0 Å². The Bertz CT molecular complexity index is 595. The van der Waals surface area contributed by atoms with Crippen molar-refractivity contribution in [1.82, 2.24) is 9.55 Å². The summed E-state index contributed by atoms with van der Waals surface area (Å²) in [6.45, 7) is -0.630. The number of rotatable bonds is 2. The summed E-state index contributed by atoms with van der Waals surface area (Å²) in [5.41, 5.74) is 3.37. The number of nitrogens with one attached hydrogen (secondary N) is 1. The first-order valence-corrected chi connectivity index (χ1v) is 5.78. The molecule has 0 aromatic carbocycles. The Hall–Kier alpha value is -1.72. The Labute approximate surface area is 111 Å². The van der Waals surface area contributed by atoms with Crippen LogP contribution in [0.3, 0.4) is 0 Å². The maximum Gasteiger partial charge on any atom is 0.330 e. The van der Waals surface area contributed by atoms with E-state index in [2.05, 4.69) is 0 Å². The molecular formula is C10H15N3O7. The minimum Gasteiger partial charge on any atom is -0.394 e. The molecule has 20 heavy (non-hydrogen) atoms. The molecule has 0 bridgehead atoms. The molecule has 1 aliphatic rings. The van der Waals surface area contributed by atoms with Crippen molar-refractivity contribution in [2.24, 2.45) is 0 Å². The fourth-order valence-corrected chi connectivity index (χ4v) is 2.00. The standard InChI is InChI=1S/C10H15N3O7/c11-3-1-13(10(19)12-8(3)18)9-7(17)6(16)5(15)4(2-14)20-9/h1,4-7,9,14-17H,2,11H2,(H,12,18,19)/t4-,5+,6-,7-,9-/m1/s1. The summed E-state index contributed by atoms with van der Waals surface area (Å²) in [6.07, 6.45) is -6.44. The van der Waals surface area contributed by atoms with E-state index in [4.69, 9.17) is 15.6 Å². The molecule has 2 heterocycles. The molecule has 10 nitrogen and oxygen atoms in total. The van der Waals surface area contributed by atoms with E-state index < -0.39 is 48.5 Å². The number of hydrogen-bond acceptors (Lipinski definition) is 8. The summed E-state index contributed by atoms with van der Waals surface area (Å²) in [5.74, 6) is 0. The van der Waals surface area contributed by atoms with E-state index in [-0.39, 0.29) is 5.69 Å². The van der Waals surface area contributed by atoms with Crippen LogP contribution in [0, 0.1) is 0 Å². The number of aliphatic hydroxyl groups excluding tert-OH is 4. The van der Waals surface area contributed by atoms with Gasteiger partial charge in [-0.15, -0.1) is 0 Å². The van der Waals surface area contributed by atoms with Gasteiger partial charge in [0.25, 0.3) is 5.56 Å². The third-order valence-corrected chi connectivity index (χ3v) is 3.14. The molecule has 10 heteroatoms. The molecule has 1 aromatic rings. The second-order valence-electron chi connectivity index (χ2n) is 4.47. The van der Waals surface area contributed by atoms with Crippen molar-refractivity contribution in [3.63, 3.8) is 0 Å². The minimum atomic E-state index is -1.64. The average molecular weight is 289 g/mol. The maximum atomic E-state index is 11.7. The Morgan fingerprint density at radius 3 is 2.50 bits per heavy atom. The SMILES string of the molecule is Nc1cn([C@@H]2O[C@H](CO)[C@H](O)[C@@H](O)[C@H]2O)c(=O)[nH]c1=O. The number of nitrogens with zero attached hydrogens (tertiary/aromatic N) is 1. The maximum absolute atomic E-state index is 11.7. The number of H-pyrrole nitrogens is 1. The quantitative estimate of drug-likeness (QED) is 0.320. The van der Waals surface area contributed by atoms with Gasteiger partial charge < -0.3 is 30.9 Å². The molecule has 112 valence electrons. The Morgan fingerprint density at radius 1 is 1.25 bits per heavy atom. The van der Waals surface area contributed by atoms with Crippen LogP contribution in [0.4, 0.5) is 5.69 Å². The van der Waals surface area contributed by atoms with Crippen LogP contribution in [-0.2, 0) is 4.74 Å². The summed E-state index contributed by atoms with van der Waals surface area (Å²) in [5, 5.41) is 38.2. The molecule has 1 aliphatic heterocycles. The first kappa shape index (κ1) is 14.7. The van der Waals surface area contributed by atoms with Crippen LogP contribution in [0.1, 0.15) is 6.23 Å². The molecule has 2 rings (SSSR count). The van der Waals surface area contributed by atoms with Gasteiger partial charge in [0, 0.05) is 6.20 Å². The number of aliphatic hydroxyl groups is 4. The first-order valence-electron chi connectivity index (χ1n) is 5.78. The highest BCUT2D eigenvalue weighted by molar-refractivity contribution is 5.30. The number of nitrogens with two attached hydrogens (primary N) is 1. The summed E-state index contributed by atoms with van der Waals surface area (Å²) < 4.78 is 5.94. The predicted molar refractivity (Wildman–Crippen MR) is 64.8 cm³/mol. The molecule has 7 N–H and O–H groups in total. The Morgan fingerprint density at radius 2 is 1.90 bits per heavy atom. The highest BCUT2D eigenvalue weighted by Crippen LogP contribution is 2.27. The van der Waals surface area contributed by atoms with Crippen molar-refractivity contribution in [2.45, 2.75) is 30.6 Å². The van der Waals surface area contributed by atoms with Gasteiger partial charge in [0.05, 0.1) is 6.61 Å². The van der Waals surface area contributed by atoms with Gasteiger partial charge in [0.15, 0.2) is 6.23 Å². The van der Waals surface area contributed by atoms with E-state index in [1.165, 1.54) is 0 Å². The monoisotopic (exact) mass is 289 g/mol. The van der Waals surface area contributed by atoms with Crippen LogP contribution in [0.25, 0.3) is 0 Å². The van der Waals surface area contributed by atoms with E-state index in [9.17, 15) is 24.9 Å². The zero-order valence-corrected chi connectivity index (χ0v) is 10.2. The number of ether oxygens (including phenoxy) is 1. The lowest BCUT2D eigenvalue weighted by molar-refractivity contribution is -0.252. The van der Waals surface area contributed by atoms with Gasteiger partial charge in [-0.05, 0) is 0 Å². The molecule has 0 spiro atoms. The van der Waals surface area contributed by atoms with Crippen molar-refractivity contribution >= 4 is 5.69 Å². The predicted octanol–water partition coefficient (Wildman–Crippen LogP) is -3.91. The second-order valence-corrected chi connectivity index (χ2v) is 4.47. The molecule has 1 saturated heterocycles. The molecule has 0 aliphatic carbocycles. The summed E-state index contributed by atoms with van der Waals surface area (Å²) in [7, 11) is 0. The zero-order chi connectivity index (χ0) is 15.0. The lowest BCUT2D eigenvalue weighted by Crippen LogP contribution is -2.57. The third kappa shape index (κ3) is 2.34. The van der Waals surface area contributed by atoms with Crippen LogP contribution in [0.2, 0.25) is 0 Å². The van der Waals surface area contributed by atoms with Crippen molar-refractivity contribution in [3.05, 3.63) is 27.0 Å². The lowest BCUT2D eigenvalue weighted by Gasteiger charge is -2.40. The van der Waals surface area contributed by atoms with Gasteiger partial charge >= 0.3 is 5.69 Å². The van der Waals surface area contributed by atoms with E-state index in [0.717, 1.165) is 10.8 Å². The number of hydrogen-bond donors (Lipinski definition) is 6. The number of anilines is 1. The van der Waals surface area contributed by atoms with Crippen LogP contribution in [0.15, 0.2) is 15.8 Å². The van der Waals surface area contributed by atoms with E-state index >= 15 is 0 Å². The lowest BCUT2D eigenvalue weighted by atomic mass is 9.98. The van der Waals surface area contributed by atoms with Crippen molar-refractivity contribution in [1.29, 1.82) is 0 Å². The normalized spacial score (nSPS) is 34.1. The highest BCUT2D eigenvalue weighted by atomic mass is 16.6. The van der Waals surface area contributed by atoms with Crippen LogP contribution in [-0.4, -0.2) is 61.0 Å². The fourth-order valence-electron chi connectivity index (χ4n) is 2.00. The minimum absolute atomic E-state index is 0.290. The van der Waals surface area contributed by atoms with E-state index in [0.29, 0.717) is 0 Å². The Balaban J connectivity index is 2.44. The van der Waals surface area contributed by atoms with Gasteiger partial charge in [-0.1, -0.05) is 0 Å². The topological polar surface area (TPSA) is 171 Å². The summed E-state index contributed by atoms with van der Waals surface area (Å²) >= 11 is 0. The largest absolute Gasteiger partial charge is 0.394 e. The highest BCUT2D eigenvalue weighted by Gasteiger charge is 2.44. The number of aromatic amines is 1. The van der Waals surface area contributed by atoms with Gasteiger partial charge in [0.1, 0.15) is 30.1 Å². The smallest absolute Gasteiger partial charge is 0.330 e. The molecule has 0 amide bonds. The molecule has 0 saturated carbocycles. The fraction of sp³-hybridized carbons (Fsp3) is 0.600. The molecule has 0 unspecified atom stereocenters. The molecule has 1 fully saturated rings. The van der Waals surface area contributed by atoms with Gasteiger partial charge in [0.2, 0.25) is 0 Å². The summed E-state index contributed by atoms with van der Waals surface area (Å²) in [4.78, 5) is 24.8. The van der Waals surface area contributed by atoms with Crippen molar-refractivity contribution in [2.75, 3.05) is 12.3 Å². The first-order chi connectivity index (χ1) is 9.36. The summed E-state index contributed by atoms with van der Waals surface area (Å²) in [6, 6.07) is 0. The van der Waals surface area contributed by atoms with Gasteiger partial charge in [-0.2, -0.15) is 0 Å². The zero-order valence-electron chi connectivity index (χ0n) is 10.2. The van der Waals surface area contributed by atoms with E-state index in [1.807, 2.05) is 4.98 Å². The van der Waals surface area contributed by atoms with Crippen LogP contribution in [0.5, 0.6) is 0 Å². The molecule has 5 atom stereocenters. The van der Waals surface area contributed by atoms with Crippen LogP contribution >= 0.6 is 0 Å². The Kier molecular flexibility index (Phi) is 3.92. The molecular weight excluding hydrogens is 274 g/mol. The van der Waals surface area contributed by atoms with Crippen LogP contribution < -0.4 is 17.0 Å². The molecule has 0 radical (unpaired) electrons. The van der Waals surface area contributed by atoms with Crippen molar-refractivity contribution < 1.29 is 25.2 Å². The average Bonchev–Trinajstić information content (AvgIpc) is 2.41. The van der Waals surface area contributed by atoms with Gasteiger partial charge in [-0.3, -0.25) is 14.3 Å². The van der Waals surface area contributed by atoms with Gasteiger partial charge in [-0.25, -0.2) is 4.79 Å². The number of nitrogen functional groups attached to an aromatic ring is 1.